The van der Waals surface area contributed by atoms with Gasteiger partial charge in [0, 0.05) is 17.3 Å². The lowest BCUT2D eigenvalue weighted by Gasteiger charge is -2.38. The monoisotopic (exact) mass is 247 g/mol. The van der Waals surface area contributed by atoms with Crippen LogP contribution in [0.15, 0.2) is 24.5 Å². The molecule has 1 aliphatic rings. The first-order chi connectivity index (χ1) is 8.66. The van der Waals surface area contributed by atoms with Crippen molar-refractivity contribution in [1.29, 1.82) is 0 Å². The van der Waals surface area contributed by atoms with Gasteiger partial charge >= 0.3 is 0 Å². The summed E-state index contributed by atoms with van der Waals surface area (Å²) in [5, 5.41) is 3.97. The van der Waals surface area contributed by atoms with Crippen molar-refractivity contribution in [2.45, 2.75) is 6.92 Å². The van der Waals surface area contributed by atoms with Gasteiger partial charge in [-0.3, -0.25) is 0 Å². The lowest BCUT2D eigenvalue weighted by atomic mass is 9.89. The smallest absolute Gasteiger partial charge is 0.137 e. The third-order valence-electron chi connectivity index (χ3n) is 3.18. The highest BCUT2D eigenvalue weighted by Crippen LogP contribution is 2.28. The summed E-state index contributed by atoms with van der Waals surface area (Å²) in [7, 11) is 0. The number of hydrogen-bond acceptors (Lipinski definition) is 4. The molecule has 0 atom stereocenters. The van der Waals surface area contributed by atoms with Gasteiger partial charge in [0.1, 0.15) is 18.0 Å². The number of anilines is 1. The van der Waals surface area contributed by atoms with E-state index in [-0.39, 0.29) is 11.2 Å². The van der Waals surface area contributed by atoms with Crippen LogP contribution in [0.1, 0.15) is 6.92 Å². The Morgan fingerprint density at radius 3 is 2.94 bits per heavy atom. The maximum absolute atomic E-state index is 13.3. The molecule has 5 heteroatoms. The second-order valence-electron chi connectivity index (χ2n) is 5.04. The molecule has 0 saturated carbocycles. The highest BCUT2D eigenvalue weighted by molar-refractivity contribution is 5.88. The lowest BCUT2D eigenvalue weighted by molar-refractivity contribution is -0.0924. The number of fused-ring (bicyclic) bond motifs is 1. The lowest BCUT2D eigenvalue weighted by Crippen LogP contribution is -2.45. The maximum atomic E-state index is 13.3. The third-order valence-corrected chi connectivity index (χ3v) is 3.18. The van der Waals surface area contributed by atoms with Gasteiger partial charge in [0.05, 0.1) is 18.7 Å². The van der Waals surface area contributed by atoms with Gasteiger partial charge in [-0.2, -0.15) is 0 Å². The number of halogens is 1. The molecule has 0 amide bonds. The van der Waals surface area contributed by atoms with Crippen molar-refractivity contribution in [2.75, 3.05) is 25.1 Å². The molecular formula is C13H14FN3O. The van der Waals surface area contributed by atoms with Gasteiger partial charge in [-0.05, 0) is 18.2 Å². The standard InChI is InChI=1S/C13H14FN3O/c1-13(6-18-7-13)5-15-12-10-4-9(14)2-3-11(10)16-8-17-12/h2-4,8H,5-7H2,1H3,(H,15,16,17). The van der Waals surface area contributed by atoms with Gasteiger partial charge in [0.2, 0.25) is 0 Å². The molecular weight excluding hydrogens is 233 g/mol. The van der Waals surface area contributed by atoms with E-state index in [1.54, 1.807) is 6.07 Å². The van der Waals surface area contributed by atoms with Crippen LogP contribution in [0.3, 0.4) is 0 Å². The molecule has 1 saturated heterocycles. The second-order valence-corrected chi connectivity index (χ2v) is 5.04. The fourth-order valence-corrected chi connectivity index (χ4v) is 2.02. The molecule has 1 aromatic heterocycles. The number of nitrogens with one attached hydrogen (secondary N) is 1. The quantitative estimate of drug-likeness (QED) is 0.903. The van der Waals surface area contributed by atoms with Crippen LogP contribution < -0.4 is 5.32 Å². The van der Waals surface area contributed by atoms with Crippen molar-refractivity contribution in [3.05, 3.63) is 30.3 Å². The van der Waals surface area contributed by atoms with Crippen LogP contribution in [-0.4, -0.2) is 29.7 Å². The molecule has 1 N–H and O–H groups in total. The molecule has 0 spiro atoms. The molecule has 3 rings (SSSR count). The first-order valence-electron chi connectivity index (χ1n) is 5.88. The molecule has 1 fully saturated rings. The van der Waals surface area contributed by atoms with Crippen LogP contribution in [0.4, 0.5) is 10.2 Å². The zero-order valence-electron chi connectivity index (χ0n) is 10.1. The summed E-state index contributed by atoms with van der Waals surface area (Å²) >= 11 is 0. The summed E-state index contributed by atoms with van der Waals surface area (Å²) in [6.45, 7) is 4.40. The molecule has 0 aliphatic carbocycles. The summed E-state index contributed by atoms with van der Waals surface area (Å²) in [4.78, 5) is 8.30. The molecule has 4 nitrogen and oxygen atoms in total. The number of aromatic nitrogens is 2. The summed E-state index contributed by atoms with van der Waals surface area (Å²) in [5.41, 5.74) is 0.883. The van der Waals surface area contributed by atoms with Gasteiger partial charge in [0.15, 0.2) is 0 Å². The predicted octanol–water partition coefficient (Wildman–Crippen LogP) is 2.22. The van der Waals surface area contributed by atoms with Crippen molar-refractivity contribution >= 4 is 16.7 Å². The van der Waals surface area contributed by atoms with Crippen molar-refractivity contribution in [3.8, 4) is 0 Å². The van der Waals surface area contributed by atoms with E-state index in [4.69, 9.17) is 4.74 Å². The Morgan fingerprint density at radius 1 is 1.39 bits per heavy atom. The van der Waals surface area contributed by atoms with Gasteiger partial charge < -0.3 is 10.1 Å². The van der Waals surface area contributed by atoms with E-state index in [1.165, 1.54) is 18.5 Å². The molecule has 1 aromatic carbocycles. The second kappa shape index (κ2) is 4.17. The summed E-state index contributed by atoms with van der Waals surface area (Å²) < 4.78 is 18.5. The van der Waals surface area contributed by atoms with Crippen molar-refractivity contribution in [2.24, 2.45) is 5.41 Å². The van der Waals surface area contributed by atoms with Crippen molar-refractivity contribution in [1.82, 2.24) is 9.97 Å². The molecule has 0 bridgehead atoms. The summed E-state index contributed by atoms with van der Waals surface area (Å²) in [6, 6.07) is 4.52. The average molecular weight is 247 g/mol. The van der Waals surface area contributed by atoms with Gasteiger partial charge in [-0.1, -0.05) is 6.92 Å². The summed E-state index contributed by atoms with van der Waals surface area (Å²) in [5.74, 6) is 0.395. The van der Waals surface area contributed by atoms with E-state index < -0.39 is 0 Å². The normalized spacial score (nSPS) is 17.4. The van der Waals surface area contributed by atoms with E-state index >= 15 is 0 Å². The van der Waals surface area contributed by atoms with Crippen LogP contribution >= 0.6 is 0 Å². The third kappa shape index (κ3) is 2.01. The van der Waals surface area contributed by atoms with E-state index in [2.05, 4.69) is 22.2 Å². The van der Waals surface area contributed by atoms with E-state index in [0.29, 0.717) is 11.2 Å². The van der Waals surface area contributed by atoms with Crippen LogP contribution in [0.5, 0.6) is 0 Å². The van der Waals surface area contributed by atoms with Crippen LogP contribution in [0.2, 0.25) is 0 Å². The molecule has 1 aliphatic heterocycles. The van der Waals surface area contributed by atoms with Crippen LogP contribution in [-0.2, 0) is 4.74 Å². The van der Waals surface area contributed by atoms with Crippen LogP contribution in [0, 0.1) is 11.2 Å². The van der Waals surface area contributed by atoms with Gasteiger partial charge in [-0.25, -0.2) is 14.4 Å². The van der Waals surface area contributed by atoms with Crippen LogP contribution in [0.25, 0.3) is 10.9 Å². The Morgan fingerprint density at radius 2 is 2.22 bits per heavy atom. The highest BCUT2D eigenvalue weighted by Gasteiger charge is 2.33. The minimum Gasteiger partial charge on any atom is -0.380 e. The molecule has 0 unspecified atom stereocenters. The molecule has 18 heavy (non-hydrogen) atoms. The van der Waals surface area contributed by atoms with Crippen molar-refractivity contribution in [3.63, 3.8) is 0 Å². The Balaban J connectivity index is 1.88. The highest BCUT2D eigenvalue weighted by atomic mass is 19.1. The number of rotatable bonds is 3. The van der Waals surface area contributed by atoms with E-state index in [1.807, 2.05) is 0 Å². The zero-order chi connectivity index (χ0) is 12.6. The zero-order valence-corrected chi connectivity index (χ0v) is 10.1. The summed E-state index contributed by atoms with van der Waals surface area (Å²) in [6.07, 6.45) is 1.49. The van der Waals surface area contributed by atoms with E-state index in [9.17, 15) is 4.39 Å². The first kappa shape index (κ1) is 11.3. The SMILES string of the molecule is CC1(CNc2ncnc3ccc(F)cc23)COC1. The maximum Gasteiger partial charge on any atom is 0.137 e. The fraction of sp³-hybridized carbons (Fsp3) is 0.385. The number of ether oxygens (including phenoxy) is 1. The Bertz CT molecular complexity index is 583. The fourth-order valence-electron chi connectivity index (χ4n) is 2.02. The molecule has 2 heterocycles. The largest absolute Gasteiger partial charge is 0.380 e. The predicted molar refractivity (Wildman–Crippen MR) is 66.9 cm³/mol. The molecule has 94 valence electrons. The molecule has 0 radical (unpaired) electrons. The van der Waals surface area contributed by atoms with Gasteiger partial charge in [0.25, 0.3) is 0 Å². The minimum absolute atomic E-state index is 0.143. The minimum atomic E-state index is -0.279. The topological polar surface area (TPSA) is 47.0 Å². The first-order valence-corrected chi connectivity index (χ1v) is 5.88. The average Bonchev–Trinajstić information content (AvgIpc) is 2.34. The van der Waals surface area contributed by atoms with Gasteiger partial charge in [-0.15, -0.1) is 0 Å². The number of benzene rings is 1. The Labute approximate surface area is 104 Å². The number of hydrogen-bond donors (Lipinski definition) is 1. The number of nitrogens with zero attached hydrogens (tertiary/aromatic N) is 2. The Kier molecular flexibility index (Phi) is 2.63. The van der Waals surface area contributed by atoms with Crippen molar-refractivity contribution < 1.29 is 9.13 Å². The Hall–Kier alpha value is -1.75. The molecule has 2 aromatic rings. The van der Waals surface area contributed by atoms with E-state index in [0.717, 1.165) is 25.3 Å².